The molecule has 0 aliphatic carbocycles. The molecule has 0 bridgehead atoms. The number of nitrogens with one attached hydrogen (secondary N) is 1. The van der Waals surface area contributed by atoms with Gasteiger partial charge >= 0.3 is 11.7 Å². The number of rotatable bonds is 8. The highest BCUT2D eigenvalue weighted by atomic mass is 28.4. The smallest absolute Gasteiger partial charge is 0.330 e. The number of nitrogens with zero attached hydrogens (tertiary/aromatic N) is 2. The second-order valence-electron chi connectivity index (χ2n) is 8.98. The van der Waals surface area contributed by atoms with Crippen molar-refractivity contribution in [2.75, 3.05) is 6.61 Å². The first-order valence-corrected chi connectivity index (χ1v) is 13.0. The molecule has 0 amide bonds. The largest absolute Gasteiger partial charge is 0.455 e. The number of allylic oxidation sites excluding steroid dienone is 1. The zero-order valence-electron chi connectivity index (χ0n) is 19.7. The second kappa shape index (κ2) is 10.4. The molecule has 1 fully saturated rings. The standard InChI is InChI=1S/C22H33N3O6Si/c1-13(2)32(14(3)4,15(5)6)29-12-18-20(30-16(7)26)17(8-10-23)21(31-18)25-11-9-19(27)24-22(25)28/h8-9,11,13-15,18,20-21H,12H2,1-7H3,(H,24,27,28)/b17-8-/t18-,20+,21-/m1/s1. The molecule has 1 aromatic rings. The van der Waals surface area contributed by atoms with E-state index in [2.05, 4.69) is 46.5 Å². The van der Waals surface area contributed by atoms with Crippen LogP contribution in [0.25, 0.3) is 0 Å². The minimum Gasteiger partial charge on any atom is -0.455 e. The van der Waals surface area contributed by atoms with E-state index >= 15 is 0 Å². The summed E-state index contributed by atoms with van der Waals surface area (Å²) in [6.45, 7) is 14.4. The number of hydrogen-bond donors (Lipinski definition) is 1. The Labute approximate surface area is 189 Å². The van der Waals surface area contributed by atoms with Crippen LogP contribution in [0.2, 0.25) is 16.6 Å². The lowest BCUT2D eigenvalue weighted by atomic mass is 10.1. The highest BCUT2D eigenvalue weighted by Crippen LogP contribution is 2.43. The van der Waals surface area contributed by atoms with Crippen molar-refractivity contribution in [3.63, 3.8) is 0 Å². The maximum atomic E-state index is 12.4. The van der Waals surface area contributed by atoms with Gasteiger partial charge in [-0.05, 0) is 16.6 Å². The van der Waals surface area contributed by atoms with Crippen LogP contribution < -0.4 is 11.2 Å². The summed E-state index contributed by atoms with van der Waals surface area (Å²) in [6, 6.07) is 3.13. The molecule has 3 atom stereocenters. The molecule has 0 spiro atoms. The molecule has 176 valence electrons. The lowest BCUT2D eigenvalue weighted by Gasteiger charge is -2.42. The molecule has 1 aromatic heterocycles. The van der Waals surface area contributed by atoms with Gasteiger partial charge in [-0.15, -0.1) is 0 Å². The first-order valence-electron chi connectivity index (χ1n) is 10.8. The molecular formula is C22H33N3O6Si. The van der Waals surface area contributed by atoms with E-state index in [4.69, 9.17) is 13.9 Å². The normalized spacial score (nSPS) is 22.7. The monoisotopic (exact) mass is 463 g/mol. The minimum atomic E-state index is -2.25. The molecule has 1 N–H and O–H groups in total. The molecule has 0 aromatic carbocycles. The molecule has 1 aliphatic rings. The third-order valence-electron chi connectivity index (χ3n) is 6.09. The van der Waals surface area contributed by atoms with Gasteiger partial charge in [0, 0.05) is 30.8 Å². The third-order valence-corrected chi connectivity index (χ3v) is 12.2. The number of esters is 1. The summed E-state index contributed by atoms with van der Waals surface area (Å²) in [5, 5.41) is 9.33. The van der Waals surface area contributed by atoms with Gasteiger partial charge in [0.2, 0.25) is 0 Å². The van der Waals surface area contributed by atoms with Crippen molar-refractivity contribution in [3.8, 4) is 6.07 Å². The Morgan fingerprint density at radius 3 is 2.31 bits per heavy atom. The fraction of sp³-hybridized carbons (Fsp3) is 0.636. The van der Waals surface area contributed by atoms with Crippen LogP contribution in [-0.2, 0) is 18.7 Å². The maximum Gasteiger partial charge on any atom is 0.330 e. The highest BCUT2D eigenvalue weighted by Gasteiger charge is 2.49. The molecule has 1 aliphatic heterocycles. The van der Waals surface area contributed by atoms with Crippen LogP contribution in [0, 0.1) is 11.3 Å². The number of H-pyrrole nitrogens is 1. The highest BCUT2D eigenvalue weighted by molar-refractivity contribution is 6.77. The average Bonchev–Trinajstić information content (AvgIpc) is 2.98. The quantitative estimate of drug-likeness (QED) is 0.357. The Morgan fingerprint density at radius 1 is 1.25 bits per heavy atom. The SMILES string of the molecule is CC(=O)O[C@H]1/C(=C/C#N)[C@H](n2ccc(=O)[nH]c2=O)O[C@@H]1CO[Si](C(C)C)(C(C)C)C(C)C. The predicted octanol–water partition coefficient (Wildman–Crippen LogP) is 3.01. The first kappa shape index (κ1) is 25.8. The Bertz CT molecular complexity index is 982. The van der Waals surface area contributed by atoms with E-state index in [0.29, 0.717) is 22.2 Å². The summed E-state index contributed by atoms with van der Waals surface area (Å²) in [4.78, 5) is 37.9. The van der Waals surface area contributed by atoms with E-state index in [1.54, 1.807) is 0 Å². The fourth-order valence-electron chi connectivity index (χ4n) is 4.91. The number of carbonyl (C=O) groups is 1. The van der Waals surface area contributed by atoms with Crippen molar-refractivity contribution in [2.24, 2.45) is 0 Å². The second-order valence-corrected chi connectivity index (χ2v) is 14.4. The Balaban J connectivity index is 2.47. The topological polar surface area (TPSA) is 123 Å². The van der Waals surface area contributed by atoms with Gasteiger partial charge in [-0.2, -0.15) is 5.26 Å². The van der Waals surface area contributed by atoms with Crippen LogP contribution in [0.5, 0.6) is 0 Å². The third kappa shape index (κ3) is 5.11. The molecule has 0 saturated carbocycles. The van der Waals surface area contributed by atoms with Crippen LogP contribution in [-0.4, -0.2) is 42.7 Å². The number of carbonyl (C=O) groups excluding carboxylic acids is 1. The summed E-state index contributed by atoms with van der Waals surface area (Å²) in [5.74, 6) is -0.540. The van der Waals surface area contributed by atoms with Crippen LogP contribution in [0.4, 0.5) is 0 Å². The van der Waals surface area contributed by atoms with Gasteiger partial charge in [0.05, 0.1) is 12.7 Å². The zero-order chi connectivity index (χ0) is 24.2. The van der Waals surface area contributed by atoms with E-state index in [9.17, 15) is 19.6 Å². The fourth-order valence-corrected chi connectivity index (χ4v) is 10.4. The van der Waals surface area contributed by atoms with E-state index in [-0.39, 0.29) is 6.61 Å². The molecular weight excluding hydrogens is 430 g/mol. The molecule has 10 heteroatoms. The maximum absolute atomic E-state index is 12.4. The number of ether oxygens (including phenoxy) is 2. The van der Waals surface area contributed by atoms with E-state index < -0.39 is 44.0 Å². The Kier molecular flexibility index (Phi) is 8.39. The Morgan fingerprint density at radius 2 is 1.84 bits per heavy atom. The Hall–Kier alpha value is -2.48. The van der Waals surface area contributed by atoms with Gasteiger partial charge < -0.3 is 13.9 Å². The van der Waals surface area contributed by atoms with Gasteiger partial charge in [-0.3, -0.25) is 19.1 Å². The predicted molar refractivity (Wildman–Crippen MR) is 121 cm³/mol. The molecule has 32 heavy (non-hydrogen) atoms. The van der Waals surface area contributed by atoms with Crippen LogP contribution >= 0.6 is 0 Å². The average molecular weight is 464 g/mol. The molecule has 9 nitrogen and oxygen atoms in total. The van der Waals surface area contributed by atoms with Crippen molar-refractivity contribution >= 4 is 14.3 Å². The number of aromatic amines is 1. The van der Waals surface area contributed by atoms with E-state index in [0.717, 1.165) is 0 Å². The van der Waals surface area contributed by atoms with Gasteiger partial charge in [0.1, 0.15) is 6.10 Å². The van der Waals surface area contributed by atoms with Crippen LogP contribution in [0.3, 0.4) is 0 Å². The van der Waals surface area contributed by atoms with Gasteiger partial charge in [-0.1, -0.05) is 41.5 Å². The number of aromatic nitrogens is 2. The summed E-state index contributed by atoms with van der Waals surface area (Å²) in [5.41, 5.74) is 0.0857. The lowest BCUT2D eigenvalue weighted by Crippen LogP contribution is -2.50. The van der Waals surface area contributed by atoms with E-state index in [1.165, 1.54) is 29.8 Å². The van der Waals surface area contributed by atoms with Crippen molar-refractivity contribution < 1.29 is 18.7 Å². The van der Waals surface area contributed by atoms with Crippen molar-refractivity contribution in [3.05, 3.63) is 44.8 Å². The first-order chi connectivity index (χ1) is 14.9. The minimum absolute atomic E-state index is 0.149. The molecule has 2 heterocycles. The van der Waals surface area contributed by atoms with Crippen molar-refractivity contribution in [2.45, 2.75) is 83.5 Å². The molecule has 1 saturated heterocycles. The summed E-state index contributed by atoms with van der Waals surface area (Å²) in [7, 11) is -2.25. The number of hydrogen-bond acceptors (Lipinski definition) is 7. The summed E-state index contributed by atoms with van der Waals surface area (Å²) in [6.07, 6.45) is -0.112. The van der Waals surface area contributed by atoms with Gasteiger partial charge in [-0.25, -0.2) is 4.79 Å². The van der Waals surface area contributed by atoms with Crippen molar-refractivity contribution in [1.29, 1.82) is 5.26 Å². The lowest BCUT2D eigenvalue weighted by molar-refractivity contribution is -0.149. The molecule has 2 rings (SSSR count). The molecule has 0 radical (unpaired) electrons. The summed E-state index contributed by atoms with van der Waals surface area (Å²) < 4.78 is 19.4. The zero-order valence-corrected chi connectivity index (χ0v) is 20.7. The number of nitriles is 1. The van der Waals surface area contributed by atoms with Crippen molar-refractivity contribution in [1.82, 2.24) is 9.55 Å². The molecule has 0 unspecified atom stereocenters. The van der Waals surface area contributed by atoms with Crippen LogP contribution in [0.15, 0.2) is 33.5 Å². The van der Waals surface area contributed by atoms with Crippen LogP contribution in [0.1, 0.15) is 54.7 Å². The summed E-state index contributed by atoms with van der Waals surface area (Å²) >= 11 is 0. The van der Waals surface area contributed by atoms with E-state index in [1.807, 2.05) is 6.07 Å². The van der Waals surface area contributed by atoms with Gasteiger partial charge in [0.15, 0.2) is 20.6 Å². The van der Waals surface area contributed by atoms with Gasteiger partial charge in [0.25, 0.3) is 5.56 Å².